The second-order valence-corrected chi connectivity index (χ2v) is 11.3. The van der Waals surface area contributed by atoms with Crippen LogP contribution in [0, 0.1) is 17.3 Å². The van der Waals surface area contributed by atoms with Crippen LogP contribution in [-0.2, 0) is 42.9 Å². The number of fused-ring (bicyclic) bond motifs is 4. The zero-order chi connectivity index (χ0) is 27.7. The number of epoxide rings is 1. The lowest BCUT2D eigenvalue weighted by atomic mass is 9.53. The van der Waals surface area contributed by atoms with Gasteiger partial charge in [-0.2, -0.15) is 0 Å². The Balaban J connectivity index is 2.04. The number of hydrogen-bond donors (Lipinski definition) is 1. The van der Waals surface area contributed by atoms with Crippen LogP contribution in [0.15, 0.2) is 24.3 Å². The summed E-state index contributed by atoms with van der Waals surface area (Å²) in [6.07, 6.45) is -1.74. The summed E-state index contributed by atoms with van der Waals surface area (Å²) in [4.78, 5) is 49.9. The Hall–Kier alpha value is -2.43. The van der Waals surface area contributed by atoms with Crippen LogP contribution in [-0.4, -0.2) is 76.1 Å². The largest absolute Gasteiger partial charge is 0.462 e. The van der Waals surface area contributed by atoms with Gasteiger partial charge in [0.25, 0.3) is 0 Å². The molecule has 2 aliphatic heterocycles. The molecule has 10 nitrogen and oxygen atoms in total. The minimum absolute atomic E-state index is 0.263. The first kappa shape index (κ1) is 27.6. The molecule has 1 saturated carbocycles. The average Bonchev–Trinajstić information content (AvgIpc) is 3.39. The molecule has 2 saturated heterocycles. The first-order valence-electron chi connectivity index (χ1n) is 12.2. The van der Waals surface area contributed by atoms with Crippen molar-refractivity contribution in [3.8, 4) is 0 Å². The highest BCUT2D eigenvalue weighted by atomic mass is 35.5. The Morgan fingerprint density at radius 2 is 1.70 bits per heavy atom. The Kier molecular flexibility index (Phi) is 6.79. The van der Waals surface area contributed by atoms with Gasteiger partial charge in [-0.25, -0.2) is 0 Å². The Bertz CT molecular complexity index is 1070. The molecule has 0 amide bonds. The van der Waals surface area contributed by atoms with Gasteiger partial charge in [0.05, 0.1) is 28.4 Å². The van der Waals surface area contributed by atoms with Gasteiger partial charge in [-0.3, -0.25) is 19.2 Å². The van der Waals surface area contributed by atoms with Crippen LogP contribution in [0.2, 0.25) is 0 Å². The van der Waals surface area contributed by atoms with E-state index < -0.39 is 88.2 Å². The molecule has 204 valence electrons. The Labute approximate surface area is 220 Å². The maximum Gasteiger partial charge on any atom is 0.312 e. The van der Waals surface area contributed by atoms with Crippen LogP contribution in [0.25, 0.3) is 0 Å². The Morgan fingerprint density at radius 1 is 1.11 bits per heavy atom. The fraction of sp³-hybridized carbons (Fsp3) is 0.692. The van der Waals surface area contributed by atoms with E-state index in [2.05, 4.69) is 6.58 Å². The molecule has 1 N–H and O–H groups in total. The number of allylic oxidation sites excluding steroid dienone is 1. The molecule has 0 bridgehead atoms. The molecule has 11 atom stereocenters. The minimum Gasteiger partial charge on any atom is -0.462 e. The van der Waals surface area contributed by atoms with Crippen LogP contribution < -0.4 is 0 Å². The van der Waals surface area contributed by atoms with E-state index in [0.717, 1.165) is 0 Å². The molecule has 0 aromatic heterocycles. The van der Waals surface area contributed by atoms with E-state index >= 15 is 0 Å². The van der Waals surface area contributed by atoms with Crippen molar-refractivity contribution in [2.45, 2.75) is 95.1 Å². The van der Waals surface area contributed by atoms with Crippen molar-refractivity contribution in [3.63, 3.8) is 0 Å². The molecule has 37 heavy (non-hydrogen) atoms. The topological polar surface area (TPSA) is 138 Å². The molecule has 11 heteroatoms. The third-order valence-electron chi connectivity index (χ3n) is 8.50. The summed E-state index contributed by atoms with van der Waals surface area (Å²) in [5, 5.41) is 11.3. The fourth-order valence-electron chi connectivity index (χ4n) is 6.57. The fourth-order valence-corrected chi connectivity index (χ4v) is 6.90. The second-order valence-electron chi connectivity index (χ2n) is 10.8. The predicted molar refractivity (Wildman–Crippen MR) is 128 cm³/mol. The lowest BCUT2D eigenvalue weighted by molar-refractivity contribution is -0.231. The number of carbonyl (C=O) groups excluding carboxylic acids is 4. The predicted octanol–water partition coefficient (Wildman–Crippen LogP) is 1.99. The molecule has 0 spiro atoms. The molecule has 0 aromatic rings. The van der Waals surface area contributed by atoms with Gasteiger partial charge >= 0.3 is 23.9 Å². The van der Waals surface area contributed by atoms with Gasteiger partial charge in [-0.1, -0.05) is 19.6 Å². The molecular formula is C26H33ClO10. The SMILES string of the molecule is C=C1/C=C/[C@H](OC(C)=O)[C@@]2(C)[C@@H](OC(C)=O)C[C@H]3O[C@@]3(C)[C@@H]2C(OC(C)=O)[C@]2(O)[C@@H](C)C(=O)O[C@H]2[C@H]1Cl. The highest BCUT2D eigenvalue weighted by Crippen LogP contribution is 2.64. The van der Waals surface area contributed by atoms with Gasteiger partial charge in [0.2, 0.25) is 0 Å². The molecule has 1 unspecified atom stereocenters. The molecule has 2 aliphatic carbocycles. The molecule has 0 aromatic carbocycles. The Morgan fingerprint density at radius 3 is 2.27 bits per heavy atom. The van der Waals surface area contributed by atoms with Gasteiger partial charge in [0, 0.05) is 33.1 Å². The summed E-state index contributed by atoms with van der Waals surface area (Å²) in [6.45, 7) is 12.6. The molecule has 3 fully saturated rings. The third kappa shape index (κ3) is 4.17. The molecular weight excluding hydrogens is 508 g/mol. The maximum atomic E-state index is 12.9. The quantitative estimate of drug-likeness (QED) is 0.245. The standard InChI is InChI=1S/C26H33ClO10/c1-11-8-9-16(33-13(3)28)24(6)17(34-14(4)29)10-18-25(7,37-18)20(24)22(35-15(5)30)26(32)12(2)23(31)36-21(26)19(11)27/h8-9,12,16-22,32H,1,10H2,2-7H3/b9-8+/t12-,16-,17-,18+,19-,20+,21-,22?,24-,25+,26-/m0/s1. The highest BCUT2D eigenvalue weighted by Gasteiger charge is 2.78. The van der Waals surface area contributed by atoms with E-state index in [1.807, 2.05) is 0 Å². The van der Waals surface area contributed by atoms with Gasteiger partial charge in [-0.15, -0.1) is 11.6 Å². The van der Waals surface area contributed by atoms with E-state index in [1.165, 1.54) is 33.8 Å². The number of ether oxygens (including phenoxy) is 5. The van der Waals surface area contributed by atoms with Gasteiger partial charge in [0.1, 0.15) is 18.3 Å². The van der Waals surface area contributed by atoms with Crippen molar-refractivity contribution in [3.05, 3.63) is 24.3 Å². The first-order chi connectivity index (χ1) is 17.1. The molecule has 4 rings (SSSR count). The van der Waals surface area contributed by atoms with Crippen LogP contribution >= 0.6 is 11.6 Å². The number of hydrogen-bond acceptors (Lipinski definition) is 10. The number of aliphatic hydroxyl groups is 1. The zero-order valence-corrected chi connectivity index (χ0v) is 22.4. The number of carbonyl (C=O) groups is 4. The van der Waals surface area contributed by atoms with Crippen LogP contribution in [0.5, 0.6) is 0 Å². The summed E-state index contributed by atoms with van der Waals surface area (Å²) < 4.78 is 29.1. The van der Waals surface area contributed by atoms with Crippen molar-refractivity contribution < 1.29 is 48.0 Å². The molecule has 4 aliphatic rings. The van der Waals surface area contributed by atoms with Crippen molar-refractivity contribution in [2.75, 3.05) is 0 Å². The summed E-state index contributed by atoms with van der Waals surface area (Å²) in [5.41, 5.74) is -4.17. The summed E-state index contributed by atoms with van der Waals surface area (Å²) in [5.74, 6) is -4.75. The van der Waals surface area contributed by atoms with Crippen LogP contribution in [0.3, 0.4) is 0 Å². The van der Waals surface area contributed by atoms with Crippen molar-refractivity contribution in [1.82, 2.24) is 0 Å². The number of esters is 4. The number of halogens is 1. The second kappa shape index (κ2) is 9.10. The van der Waals surface area contributed by atoms with Crippen molar-refractivity contribution in [1.29, 1.82) is 0 Å². The molecule has 2 heterocycles. The van der Waals surface area contributed by atoms with Crippen molar-refractivity contribution >= 4 is 35.5 Å². The minimum atomic E-state index is -2.13. The zero-order valence-electron chi connectivity index (χ0n) is 21.7. The third-order valence-corrected chi connectivity index (χ3v) is 9.01. The van der Waals surface area contributed by atoms with E-state index in [4.69, 9.17) is 35.3 Å². The molecule has 0 radical (unpaired) electrons. The summed E-state index contributed by atoms with van der Waals surface area (Å²) in [7, 11) is 0. The summed E-state index contributed by atoms with van der Waals surface area (Å²) in [6, 6.07) is 0. The van der Waals surface area contributed by atoms with Gasteiger partial charge in [0.15, 0.2) is 11.7 Å². The van der Waals surface area contributed by atoms with Crippen molar-refractivity contribution in [2.24, 2.45) is 17.3 Å². The highest BCUT2D eigenvalue weighted by molar-refractivity contribution is 6.23. The lowest BCUT2D eigenvalue weighted by Gasteiger charge is -2.55. The van der Waals surface area contributed by atoms with E-state index in [9.17, 15) is 24.3 Å². The number of rotatable bonds is 3. The van der Waals surface area contributed by atoms with E-state index in [-0.39, 0.29) is 12.0 Å². The van der Waals surface area contributed by atoms with E-state index in [1.54, 1.807) is 19.9 Å². The van der Waals surface area contributed by atoms with E-state index in [0.29, 0.717) is 0 Å². The smallest absolute Gasteiger partial charge is 0.312 e. The van der Waals surface area contributed by atoms with Gasteiger partial charge < -0.3 is 28.8 Å². The first-order valence-corrected chi connectivity index (χ1v) is 12.7. The normalized spacial score (nSPS) is 47.4. The lowest BCUT2D eigenvalue weighted by Crippen LogP contribution is -2.69. The summed E-state index contributed by atoms with van der Waals surface area (Å²) >= 11 is 6.70. The average molecular weight is 541 g/mol. The number of alkyl halides is 1. The van der Waals surface area contributed by atoms with Gasteiger partial charge in [-0.05, 0) is 25.5 Å². The monoisotopic (exact) mass is 540 g/mol. The van der Waals surface area contributed by atoms with Crippen LogP contribution in [0.4, 0.5) is 0 Å². The maximum absolute atomic E-state index is 12.9. The van der Waals surface area contributed by atoms with Crippen LogP contribution in [0.1, 0.15) is 48.0 Å².